The second kappa shape index (κ2) is 6.82. The molecule has 1 aliphatic rings. The summed E-state index contributed by atoms with van der Waals surface area (Å²) in [6.45, 7) is 4.13. The first kappa shape index (κ1) is 15.5. The standard InChI is InChI=1S/C19H23N3O/c1-13-7-8-14(2)18(9-13)21-17-10-15(11-20-12-17)19(23)22-16-5-3-4-6-16/h7-12,16,21H,3-6H2,1-2H3,(H,22,23). The van der Waals surface area contributed by atoms with Crippen LogP contribution in [0.3, 0.4) is 0 Å². The quantitative estimate of drug-likeness (QED) is 0.893. The Morgan fingerprint density at radius 2 is 1.91 bits per heavy atom. The van der Waals surface area contributed by atoms with Crippen molar-refractivity contribution in [1.29, 1.82) is 0 Å². The largest absolute Gasteiger partial charge is 0.354 e. The van der Waals surface area contributed by atoms with Crippen LogP contribution in [0.15, 0.2) is 36.7 Å². The van der Waals surface area contributed by atoms with Gasteiger partial charge >= 0.3 is 0 Å². The minimum Gasteiger partial charge on any atom is -0.354 e. The number of pyridine rings is 1. The maximum absolute atomic E-state index is 12.3. The Bertz CT molecular complexity index is 706. The Morgan fingerprint density at radius 1 is 1.13 bits per heavy atom. The summed E-state index contributed by atoms with van der Waals surface area (Å²) < 4.78 is 0. The topological polar surface area (TPSA) is 54.0 Å². The van der Waals surface area contributed by atoms with Gasteiger partial charge in [0.25, 0.3) is 5.91 Å². The number of aromatic nitrogens is 1. The first-order valence-corrected chi connectivity index (χ1v) is 8.22. The Hall–Kier alpha value is -2.36. The lowest BCUT2D eigenvalue weighted by atomic mass is 10.1. The molecule has 0 unspecified atom stereocenters. The molecular formula is C19H23N3O. The predicted molar refractivity (Wildman–Crippen MR) is 93.2 cm³/mol. The third-order valence-electron chi connectivity index (χ3n) is 4.36. The lowest BCUT2D eigenvalue weighted by molar-refractivity contribution is 0.0937. The Balaban J connectivity index is 1.74. The normalized spacial score (nSPS) is 14.7. The molecular weight excluding hydrogens is 286 g/mol. The summed E-state index contributed by atoms with van der Waals surface area (Å²) in [6, 6.07) is 8.45. The van der Waals surface area contributed by atoms with E-state index in [4.69, 9.17) is 0 Å². The van der Waals surface area contributed by atoms with E-state index < -0.39 is 0 Å². The molecule has 1 aliphatic carbocycles. The van der Waals surface area contributed by atoms with Crippen LogP contribution in [0.25, 0.3) is 0 Å². The highest BCUT2D eigenvalue weighted by Crippen LogP contribution is 2.22. The summed E-state index contributed by atoms with van der Waals surface area (Å²) in [7, 11) is 0. The summed E-state index contributed by atoms with van der Waals surface area (Å²) in [5, 5.41) is 6.46. The van der Waals surface area contributed by atoms with Crippen molar-refractivity contribution in [3.8, 4) is 0 Å². The summed E-state index contributed by atoms with van der Waals surface area (Å²) in [4.78, 5) is 16.6. The summed E-state index contributed by atoms with van der Waals surface area (Å²) in [5.41, 5.74) is 4.84. The minimum atomic E-state index is -0.0333. The minimum absolute atomic E-state index is 0.0333. The summed E-state index contributed by atoms with van der Waals surface area (Å²) in [5.74, 6) is -0.0333. The van der Waals surface area contributed by atoms with Crippen molar-refractivity contribution in [3.05, 3.63) is 53.3 Å². The van der Waals surface area contributed by atoms with Gasteiger partial charge in [-0.1, -0.05) is 25.0 Å². The lowest BCUT2D eigenvalue weighted by Gasteiger charge is -2.13. The van der Waals surface area contributed by atoms with Gasteiger partial charge in [-0.05, 0) is 49.9 Å². The number of benzene rings is 1. The monoisotopic (exact) mass is 309 g/mol. The van der Waals surface area contributed by atoms with Gasteiger partial charge in [0.2, 0.25) is 0 Å². The zero-order valence-corrected chi connectivity index (χ0v) is 13.7. The van der Waals surface area contributed by atoms with Gasteiger partial charge in [0, 0.05) is 17.9 Å². The number of nitrogens with zero attached hydrogens (tertiary/aromatic N) is 1. The van der Waals surface area contributed by atoms with Crippen LogP contribution in [0, 0.1) is 13.8 Å². The zero-order valence-electron chi connectivity index (χ0n) is 13.7. The van der Waals surface area contributed by atoms with Crippen LogP contribution in [0.2, 0.25) is 0 Å². The molecule has 1 amide bonds. The van der Waals surface area contributed by atoms with Gasteiger partial charge in [-0.25, -0.2) is 0 Å². The lowest BCUT2D eigenvalue weighted by Crippen LogP contribution is -2.32. The van der Waals surface area contributed by atoms with E-state index in [9.17, 15) is 4.79 Å². The molecule has 0 radical (unpaired) electrons. The number of aryl methyl sites for hydroxylation is 2. The molecule has 3 rings (SSSR count). The van der Waals surface area contributed by atoms with Gasteiger partial charge in [0.15, 0.2) is 0 Å². The Kier molecular flexibility index (Phi) is 4.60. The number of rotatable bonds is 4. The fraction of sp³-hybridized carbons (Fsp3) is 0.368. The molecule has 0 aliphatic heterocycles. The number of hydrogen-bond acceptors (Lipinski definition) is 3. The second-order valence-corrected chi connectivity index (χ2v) is 6.36. The van der Waals surface area contributed by atoms with Crippen molar-refractivity contribution in [1.82, 2.24) is 10.3 Å². The zero-order chi connectivity index (χ0) is 16.2. The van der Waals surface area contributed by atoms with E-state index in [-0.39, 0.29) is 5.91 Å². The first-order valence-electron chi connectivity index (χ1n) is 8.22. The molecule has 120 valence electrons. The number of anilines is 2. The average Bonchev–Trinajstić information content (AvgIpc) is 3.04. The van der Waals surface area contributed by atoms with Crippen LogP contribution < -0.4 is 10.6 Å². The number of nitrogens with one attached hydrogen (secondary N) is 2. The van der Waals surface area contributed by atoms with Crippen molar-refractivity contribution in [2.45, 2.75) is 45.6 Å². The van der Waals surface area contributed by atoms with Gasteiger partial charge in [-0.15, -0.1) is 0 Å². The number of hydrogen-bond donors (Lipinski definition) is 2. The van der Waals surface area contributed by atoms with Crippen LogP contribution in [-0.2, 0) is 0 Å². The number of carbonyl (C=O) groups excluding carboxylic acids is 1. The smallest absolute Gasteiger partial charge is 0.253 e. The van der Waals surface area contributed by atoms with Crippen molar-refractivity contribution >= 4 is 17.3 Å². The molecule has 23 heavy (non-hydrogen) atoms. The van der Waals surface area contributed by atoms with Gasteiger partial charge in [0.05, 0.1) is 17.4 Å². The van der Waals surface area contributed by atoms with Crippen LogP contribution in [0.1, 0.15) is 47.2 Å². The first-order chi connectivity index (χ1) is 11.1. The van der Waals surface area contributed by atoms with Crippen LogP contribution >= 0.6 is 0 Å². The molecule has 0 bridgehead atoms. The Morgan fingerprint density at radius 3 is 2.70 bits per heavy atom. The number of amides is 1. The van der Waals surface area contributed by atoms with Crippen molar-refractivity contribution in [2.24, 2.45) is 0 Å². The molecule has 2 N–H and O–H groups in total. The third kappa shape index (κ3) is 3.89. The van der Waals surface area contributed by atoms with Crippen LogP contribution in [0.5, 0.6) is 0 Å². The van der Waals surface area contributed by atoms with Crippen molar-refractivity contribution in [3.63, 3.8) is 0 Å². The highest BCUT2D eigenvalue weighted by Gasteiger charge is 2.18. The SMILES string of the molecule is Cc1ccc(C)c(Nc2cncc(C(=O)NC3CCCC3)c2)c1. The van der Waals surface area contributed by atoms with Gasteiger partial charge in [-0.2, -0.15) is 0 Å². The molecule has 4 nitrogen and oxygen atoms in total. The van der Waals surface area contributed by atoms with Crippen molar-refractivity contribution < 1.29 is 4.79 Å². The van der Waals surface area contributed by atoms with Crippen LogP contribution in [0.4, 0.5) is 11.4 Å². The molecule has 0 saturated heterocycles. The summed E-state index contributed by atoms with van der Waals surface area (Å²) >= 11 is 0. The van der Waals surface area contributed by atoms with E-state index >= 15 is 0 Å². The molecule has 2 aromatic rings. The highest BCUT2D eigenvalue weighted by molar-refractivity contribution is 5.95. The van der Waals surface area contributed by atoms with E-state index in [0.29, 0.717) is 11.6 Å². The fourth-order valence-corrected chi connectivity index (χ4v) is 3.00. The van der Waals surface area contributed by atoms with E-state index in [0.717, 1.165) is 29.8 Å². The maximum atomic E-state index is 12.3. The Labute approximate surface area is 137 Å². The molecule has 1 aromatic heterocycles. The molecule has 4 heteroatoms. The van der Waals surface area contributed by atoms with E-state index in [1.165, 1.54) is 18.4 Å². The average molecular weight is 309 g/mol. The second-order valence-electron chi connectivity index (χ2n) is 6.36. The molecule has 1 fully saturated rings. The third-order valence-corrected chi connectivity index (χ3v) is 4.36. The van der Waals surface area contributed by atoms with E-state index in [1.54, 1.807) is 12.4 Å². The van der Waals surface area contributed by atoms with E-state index in [1.807, 2.05) is 6.07 Å². The molecule has 1 aromatic carbocycles. The van der Waals surface area contributed by atoms with Gasteiger partial charge < -0.3 is 10.6 Å². The van der Waals surface area contributed by atoms with E-state index in [2.05, 4.69) is 47.7 Å². The van der Waals surface area contributed by atoms with Gasteiger partial charge in [0.1, 0.15) is 0 Å². The number of carbonyl (C=O) groups is 1. The van der Waals surface area contributed by atoms with Gasteiger partial charge in [-0.3, -0.25) is 9.78 Å². The molecule has 0 atom stereocenters. The molecule has 0 spiro atoms. The maximum Gasteiger partial charge on any atom is 0.253 e. The fourth-order valence-electron chi connectivity index (χ4n) is 3.00. The van der Waals surface area contributed by atoms with Crippen molar-refractivity contribution in [2.75, 3.05) is 5.32 Å². The predicted octanol–water partition coefficient (Wildman–Crippen LogP) is 4.11. The molecule has 1 heterocycles. The summed E-state index contributed by atoms with van der Waals surface area (Å²) in [6.07, 6.45) is 7.95. The highest BCUT2D eigenvalue weighted by atomic mass is 16.1. The van der Waals surface area contributed by atoms with Crippen LogP contribution in [-0.4, -0.2) is 16.9 Å². The molecule has 1 saturated carbocycles.